The predicted molar refractivity (Wildman–Crippen MR) is 270 cm³/mol. The van der Waals surface area contributed by atoms with Crippen molar-refractivity contribution in [2.24, 2.45) is 0 Å². The molecule has 0 aliphatic rings. The van der Waals surface area contributed by atoms with Crippen LogP contribution in [0.5, 0.6) is 0 Å². The van der Waals surface area contributed by atoms with Crippen molar-refractivity contribution < 1.29 is 52.2 Å². The van der Waals surface area contributed by atoms with Gasteiger partial charge in [-0.25, -0.2) is 4.57 Å². The van der Waals surface area contributed by atoms with E-state index in [4.69, 9.17) is 23.3 Å². The second-order valence-electron chi connectivity index (χ2n) is 17.3. The van der Waals surface area contributed by atoms with Gasteiger partial charge in [-0.05, 0) is 77.0 Å². The average Bonchev–Trinajstić information content (AvgIpc) is 3.30. The van der Waals surface area contributed by atoms with E-state index in [0.29, 0.717) is 19.3 Å². The second kappa shape index (κ2) is 48.6. The number of allylic oxidation sites excluding steroid dienone is 10. The van der Waals surface area contributed by atoms with E-state index in [1.165, 1.54) is 70.6 Å². The number of carbonyl (C=O) groups is 3. The molecule has 0 saturated heterocycles. The van der Waals surface area contributed by atoms with Crippen molar-refractivity contribution in [1.82, 2.24) is 0 Å². The van der Waals surface area contributed by atoms with Gasteiger partial charge in [0.1, 0.15) is 12.7 Å². The van der Waals surface area contributed by atoms with Gasteiger partial charge in [-0.2, -0.15) is 0 Å². The van der Waals surface area contributed by atoms with Crippen molar-refractivity contribution in [3.05, 3.63) is 60.8 Å². The Labute approximate surface area is 402 Å². The summed E-state index contributed by atoms with van der Waals surface area (Å²) in [5, 5.41) is 9.76. The summed E-state index contributed by atoms with van der Waals surface area (Å²) in [4.78, 5) is 48.3. The highest BCUT2D eigenvalue weighted by Gasteiger charge is 2.28. The summed E-state index contributed by atoms with van der Waals surface area (Å²) < 4.78 is 39.3. The molecule has 11 nitrogen and oxygen atoms in total. The minimum atomic E-state index is -4.75. The van der Waals surface area contributed by atoms with Gasteiger partial charge >= 0.3 is 25.7 Å². The molecule has 0 aromatic rings. The van der Waals surface area contributed by atoms with E-state index in [0.717, 1.165) is 96.3 Å². The number of carbonyl (C=O) groups excluding carboxylic acids is 3. The first-order valence-corrected chi connectivity index (χ1v) is 27.7. The van der Waals surface area contributed by atoms with Crippen LogP contribution in [0.2, 0.25) is 0 Å². The SMILES string of the molecule is CC/C=C\C/C=C\C/C=C\C/C=C\CCCCC(=O)OCC(COP(=O)(O)OCC(CO)OC(=O)CCCCCCC/C=C\CCCC)OC(=O)CCCCCCCCCCCCCCC. The number of hydrogen-bond acceptors (Lipinski definition) is 10. The Balaban J connectivity index is 4.80. The van der Waals surface area contributed by atoms with Gasteiger partial charge in [-0.1, -0.05) is 191 Å². The van der Waals surface area contributed by atoms with E-state index in [1.807, 2.05) is 0 Å². The van der Waals surface area contributed by atoms with E-state index >= 15 is 0 Å². The van der Waals surface area contributed by atoms with Gasteiger partial charge in [0, 0.05) is 19.3 Å². The standard InChI is InChI=1S/C54H95O11P/c1-4-7-10-13-16-19-22-24-25-27-29-31-34-37-40-43-52(56)61-47-51(65-54(58)45-42-39-36-33-30-26-23-20-17-14-11-8-5-2)49-63-66(59,60)62-48-50(46-55)64-53(57)44-41-38-35-32-28-21-18-15-12-9-6-3/h7,10,15-16,18-19,24-25,29,31,50-51,55H,4-6,8-9,11-14,17,20-23,26-28,30,32-49H2,1-3H3,(H,59,60)/b10-7-,18-15-,19-16-,25-24-,31-29-. The largest absolute Gasteiger partial charge is 0.472 e. The van der Waals surface area contributed by atoms with Crippen molar-refractivity contribution in [3.8, 4) is 0 Å². The lowest BCUT2D eigenvalue weighted by Gasteiger charge is -2.21. The maximum Gasteiger partial charge on any atom is 0.472 e. The quantitative estimate of drug-likeness (QED) is 0.0197. The third-order valence-electron chi connectivity index (χ3n) is 10.9. The number of phosphoric ester groups is 1. The minimum absolute atomic E-state index is 0.160. The maximum atomic E-state index is 12.8. The molecule has 0 aliphatic heterocycles. The Hall–Kier alpha value is -2.82. The van der Waals surface area contributed by atoms with Crippen molar-refractivity contribution in [1.29, 1.82) is 0 Å². The normalized spacial score (nSPS) is 14.0. The summed E-state index contributed by atoms with van der Waals surface area (Å²) in [7, 11) is -4.75. The Morgan fingerprint density at radius 2 is 0.803 bits per heavy atom. The first-order valence-electron chi connectivity index (χ1n) is 26.2. The zero-order valence-corrected chi connectivity index (χ0v) is 42.8. The topological polar surface area (TPSA) is 155 Å². The molecule has 12 heteroatoms. The molecule has 0 aliphatic carbocycles. The molecular formula is C54H95O11P. The molecule has 0 radical (unpaired) electrons. The lowest BCUT2D eigenvalue weighted by molar-refractivity contribution is -0.161. The van der Waals surface area contributed by atoms with E-state index in [1.54, 1.807) is 0 Å². The van der Waals surface area contributed by atoms with Crippen LogP contribution in [0.3, 0.4) is 0 Å². The van der Waals surface area contributed by atoms with E-state index in [2.05, 4.69) is 81.5 Å². The zero-order chi connectivity index (χ0) is 48.4. The van der Waals surface area contributed by atoms with Crippen LogP contribution >= 0.6 is 7.82 Å². The number of unbranched alkanes of at least 4 members (excludes halogenated alkanes) is 21. The van der Waals surface area contributed by atoms with Crippen LogP contribution in [0, 0.1) is 0 Å². The molecule has 0 heterocycles. The van der Waals surface area contributed by atoms with Crippen LogP contribution in [0.4, 0.5) is 0 Å². The lowest BCUT2D eigenvalue weighted by Crippen LogP contribution is -2.30. The van der Waals surface area contributed by atoms with E-state index in [-0.39, 0.29) is 25.9 Å². The number of rotatable bonds is 48. The highest BCUT2D eigenvalue weighted by molar-refractivity contribution is 7.47. The van der Waals surface area contributed by atoms with E-state index < -0.39 is 57.8 Å². The summed E-state index contributed by atoms with van der Waals surface area (Å²) in [6.07, 6.45) is 50.5. The summed E-state index contributed by atoms with van der Waals surface area (Å²) in [5.41, 5.74) is 0. The van der Waals surface area contributed by atoms with Crippen molar-refractivity contribution >= 4 is 25.7 Å². The summed E-state index contributed by atoms with van der Waals surface area (Å²) in [6.45, 7) is 4.42. The average molecular weight is 951 g/mol. The first kappa shape index (κ1) is 63.2. The molecule has 0 saturated carbocycles. The third kappa shape index (κ3) is 46.3. The molecule has 0 aromatic heterocycles. The Kier molecular flexibility index (Phi) is 46.6. The molecule has 0 fully saturated rings. The first-order chi connectivity index (χ1) is 32.2. The highest BCUT2D eigenvalue weighted by atomic mass is 31.2. The van der Waals surface area contributed by atoms with Gasteiger partial charge in [0.25, 0.3) is 0 Å². The Morgan fingerprint density at radius 3 is 1.30 bits per heavy atom. The molecule has 66 heavy (non-hydrogen) atoms. The Bertz CT molecular complexity index is 1340. The molecule has 0 aromatic carbocycles. The fourth-order valence-corrected chi connectivity index (χ4v) is 7.70. The van der Waals surface area contributed by atoms with Crippen LogP contribution in [-0.2, 0) is 42.2 Å². The second-order valence-corrected chi connectivity index (χ2v) is 18.8. The third-order valence-corrected chi connectivity index (χ3v) is 11.9. The monoisotopic (exact) mass is 951 g/mol. The summed E-state index contributed by atoms with van der Waals surface area (Å²) in [5.74, 6) is -1.52. The Morgan fingerprint density at radius 1 is 0.439 bits per heavy atom. The molecule has 3 unspecified atom stereocenters. The molecule has 0 amide bonds. The zero-order valence-electron chi connectivity index (χ0n) is 41.9. The molecule has 3 atom stereocenters. The minimum Gasteiger partial charge on any atom is -0.462 e. The smallest absolute Gasteiger partial charge is 0.462 e. The number of aliphatic hydroxyl groups excluding tert-OH is 1. The number of ether oxygens (including phenoxy) is 3. The molecular weight excluding hydrogens is 856 g/mol. The molecule has 0 spiro atoms. The van der Waals surface area contributed by atoms with Gasteiger partial charge in [0.2, 0.25) is 0 Å². The van der Waals surface area contributed by atoms with Crippen LogP contribution in [0.15, 0.2) is 60.8 Å². The summed E-state index contributed by atoms with van der Waals surface area (Å²) >= 11 is 0. The van der Waals surface area contributed by atoms with Crippen molar-refractivity contribution in [2.45, 2.75) is 238 Å². The van der Waals surface area contributed by atoms with Crippen LogP contribution in [-0.4, -0.2) is 66.5 Å². The lowest BCUT2D eigenvalue weighted by atomic mass is 10.0. The maximum absolute atomic E-state index is 12.8. The molecule has 0 rings (SSSR count). The number of hydrogen-bond donors (Lipinski definition) is 2. The van der Waals surface area contributed by atoms with Gasteiger partial charge < -0.3 is 24.2 Å². The summed E-state index contributed by atoms with van der Waals surface area (Å²) in [6, 6.07) is 0. The van der Waals surface area contributed by atoms with Crippen LogP contribution < -0.4 is 0 Å². The van der Waals surface area contributed by atoms with Gasteiger partial charge in [-0.15, -0.1) is 0 Å². The number of aliphatic hydroxyl groups is 1. The molecule has 382 valence electrons. The highest BCUT2D eigenvalue weighted by Crippen LogP contribution is 2.43. The van der Waals surface area contributed by atoms with Crippen LogP contribution in [0.25, 0.3) is 0 Å². The van der Waals surface area contributed by atoms with Crippen LogP contribution in [0.1, 0.15) is 226 Å². The van der Waals surface area contributed by atoms with Crippen molar-refractivity contribution in [2.75, 3.05) is 26.4 Å². The fraction of sp³-hybridized carbons (Fsp3) is 0.759. The molecule has 0 bridgehead atoms. The fourth-order valence-electron chi connectivity index (χ4n) is 6.92. The number of phosphoric acid groups is 1. The van der Waals surface area contributed by atoms with Crippen molar-refractivity contribution in [3.63, 3.8) is 0 Å². The van der Waals surface area contributed by atoms with Gasteiger partial charge in [-0.3, -0.25) is 23.4 Å². The van der Waals surface area contributed by atoms with E-state index in [9.17, 15) is 28.9 Å². The van der Waals surface area contributed by atoms with Gasteiger partial charge in [0.05, 0.1) is 19.8 Å². The molecule has 2 N–H and O–H groups in total. The number of esters is 3. The van der Waals surface area contributed by atoms with Gasteiger partial charge in [0.15, 0.2) is 6.10 Å². The predicted octanol–water partition coefficient (Wildman–Crippen LogP) is 14.8.